The maximum atomic E-state index is 5.78. The second kappa shape index (κ2) is 5.23. The molecule has 1 aromatic carbocycles. The zero-order valence-corrected chi connectivity index (χ0v) is 13.2. The molecule has 0 fully saturated rings. The van der Waals surface area contributed by atoms with Crippen molar-refractivity contribution in [2.24, 2.45) is 0 Å². The summed E-state index contributed by atoms with van der Waals surface area (Å²) in [6.07, 6.45) is 1.84. The maximum absolute atomic E-state index is 5.78. The van der Waals surface area contributed by atoms with E-state index in [0.717, 1.165) is 24.7 Å². The lowest BCUT2D eigenvalue weighted by Gasteiger charge is -2.20. The van der Waals surface area contributed by atoms with Gasteiger partial charge in [0.1, 0.15) is 11.5 Å². The summed E-state index contributed by atoms with van der Waals surface area (Å²) in [6, 6.07) is 8.78. The highest BCUT2D eigenvalue weighted by molar-refractivity contribution is 5.47. The summed E-state index contributed by atoms with van der Waals surface area (Å²) in [5.41, 5.74) is 3.80. The molecule has 2 aromatic rings. The van der Waals surface area contributed by atoms with Crippen LogP contribution in [0.4, 0.5) is 0 Å². The van der Waals surface area contributed by atoms with Gasteiger partial charge in [-0.15, -0.1) is 0 Å². The highest BCUT2D eigenvalue weighted by Gasteiger charge is 2.32. The molecule has 3 nitrogen and oxygen atoms in total. The molecular formula is C18H23NO2. The van der Waals surface area contributed by atoms with Gasteiger partial charge in [-0.1, -0.05) is 26.8 Å². The Balaban J connectivity index is 2.01. The molecule has 0 amide bonds. The molecule has 21 heavy (non-hydrogen) atoms. The molecule has 1 atom stereocenters. The number of furan rings is 1. The summed E-state index contributed by atoms with van der Waals surface area (Å²) in [5, 5.41) is 3.55. The second-order valence-corrected chi connectivity index (χ2v) is 6.41. The van der Waals surface area contributed by atoms with Gasteiger partial charge in [0.05, 0.1) is 18.9 Å². The summed E-state index contributed by atoms with van der Waals surface area (Å²) in [5.74, 6) is 1.96. The maximum Gasteiger partial charge on any atom is 0.123 e. The number of hydrogen-bond donors (Lipinski definition) is 1. The van der Waals surface area contributed by atoms with Crippen molar-refractivity contribution in [1.29, 1.82) is 0 Å². The van der Waals surface area contributed by atoms with E-state index in [9.17, 15) is 0 Å². The van der Waals surface area contributed by atoms with Gasteiger partial charge in [0.25, 0.3) is 0 Å². The molecule has 1 N–H and O–H groups in total. The van der Waals surface area contributed by atoms with Crippen molar-refractivity contribution in [2.45, 2.75) is 39.2 Å². The zero-order valence-electron chi connectivity index (χ0n) is 13.2. The van der Waals surface area contributed by atoms with E-state index in [4.69, 9.17) is 9.15 Å². The molecule has 1 aliphatic heterocycles. The van der Waals surface area contributed by atoms with Gasteiger partial charge in [0.15, 0.2) is 0 Å². The molecule has 0 aliphatic carbocycles. The number of benzene rings is 1. The first-order valence-electron chi connectivity index (χ1n) is 7.57. The van der Waals surface area contributed by atoms with E-state index in [1.54, 1.807) is 0 Å². The van der Waals surface area contributed by atoms with E-state index in [1.807, 2.05) is 13.2 Å². The smallest absolute Gasteiger partial charge is 0.123 e. The Labute approximate surface area is 126 Å². The van der Waals surface area contributed by atoms with Crippen LogP contribution < -0.4 is 10.1 Å². The Hall–Kier alpha value is -1.74. The number of nitrogens with one attached hydrogen (secondary N) is 1. The Morgan fingerprint density at radius 2 is 2.05 bits per heavy atom. The van der Waals surface area contributed by atoms with Crippen LogP contribution >= 0.6 is 0 Å². The molecule has 3 heteroatoms. The molecule has 0 saturated carbocycles. The normalized spacial score (nSPS) is 17.3. The van der Waals surface area contributed by atoms with E-state index in [1.165, 1.54) is 16.7 Å². The minimum absolute atomic E-state index is 0.0778. The minimum Gasteiger partial charge on any atom is -0.492 e. The van der Waals surface area contributed by atoms with Crippen LogP contribution in [0.25, 0.3) is 0 Å². The largest absolute Gasteiger partial charge is 0.492 e. The van der Waals surface area contributed by atoms with Crippen molar-refractivity contribution in [3.63, 3.8) is 0 Å². The van der Waals surface area contributed by atoms with E-state index < -0.39 is 0 Å². The third-order valence-electron chi connectivity index (χ3n) is 4.15. The van der Waals surface area contributed by atoms with Crippen molar-refractivity contribution < 1.29 is 9.15 Å². The van der Waals surface area contributed by atoms with Crippen LogP contribution in [0.3, 0.4) is 0 Å². The van der Waals surface area contributed by atoms with Gasteiger partial charge in [-0.25, -0.2) is 0 Å². The van der Waals surface area contributed by atoms with Crippen LogP contribution in [0.5, 0.6) is 5.75 Å². The first-order valence-corrected chi connectivity index (χ1v) is 7.57. The third kappa shape index (κ3) is 2.58. The lowest BCUT2D eigenvalue weighted by Crippen LogP contribution is -2.22. The molecule has 3 rings (SSSR count). The molecule has 1 aliphatic rings. The molecule has 0 bridgehead atoms. The molecule has 0 radical (unpaired) electrons. The van der Waals surface area contributed by atoms with Crippen LogP contribution in [0, 0.1) is 6.92 Å². The van der Waals surface area contributed by atoms with Gasteiger partial charge >= 0.3 is 0 Å². The van der Waals surface area contributed by atoms with Gasteiger partial charge in [-0.05, 0) is 37.2 Å². The Morgan fingerprint density at radius 3 is 2.71 bits per heavy atom. The first kappa shape index (κ1) is 14.2. The fourth-order valence-corrected chi connectivity index (χ4v) is 2.97. The summed E-state index contributed by atoms with van der Waals surface area (Å²) in [4.78, 5) is 0. The summed E-state index contributed by atoms with van der Waals surface area (Å²) < 4.78 is 11.3. The van der Waals surface area contributed by atoms with E-state index in [-0.39, 0.29) is 11.5 Å². The number of rotatable bonds is 4. The number of aryl methyl sites for hydroxylation is 1. The molecule has 0 saturated heterocycles. The summed E-state index contributed by atoms with van der Waals surface area (Å²) in [7, 11) is 0. The second-order valence-electron chi connectivity index (χ2n) is 6.41. The number of fused-ring (bicyclic) bond motifs is 1. The van der Waals surface area contributed by atoms with Crippen LogP contribution in [-0.4, -0.2) is 13.2 Å². The van der Waals surface area contributed by atoms with E-state index in [2.05, 4.69) is 50.4 Å². The predicted octanol–water partition coefficient (Wildman–Crippen LogP) is 3.96. The van der Waals surface area contributed by atoms with E-state index in [0.29, 0.717) is 0 Å². The minimum atomic E-state index is 0.0778. The van der Waals surface area contributed by atoms with Crippen molar-refractivity contribution in [3.8, 4) is 5.75 Å². The highest BCUT2D eigenvalue weighted by atomic mass is 16.5. The predicted molar refractivity (Wildman–Crippen MR) is 83.9 cm³/mol. The fourth-order valence-electron chi connectivity index (χ4n) is 2.97. The summed E-state index contributed by atoms with van der Waals surface area (Å²) in [6.45, 7) is 10.2. The van der Waals surface area contributed by atoms with Gasteiger partial charge in [-0.2, -0.15) is 0 Å². The number of hydrogen-bond acceptors (Lipinski definition) is 3. The van der Waals surface area contributed by atoms with Gasteiger partial charge < -0.3 is 14.5 Å². The van der Waals surface area contributed by atoms with Crippen LogP contribution in [0.1, 0.15) is 49.3 Å². The van der Waals surface area contributed by atoms with Crippen LogP contribution in [0.15, 0.2) is 34.9 Å². The van der Waals surface area contributed by atoms with Gasteiger partial charge in [0, 0.05) is 16.5 Å². The van der Waals surface area contributed by atoms with Gasteiger partial charge in [-0.3, -0.25) is 0 Å². The topological polar surface area (TPSA) is 34.4 Å². The Morgan fingerprint density at radius 1 is 1.24 bits per heavy atom. The lowest BCUT2D eigenvalue weighted by molar-refractivity contribution is 0.291. The highest BCUT2D eigenvalue weighted by Crippen LogP contribution is 2.40. The fraction of sp³-hybridized carbons (Fsp3) is 0.444. The van der Waals surface area contributed by atoms with Gasteiger partial charge in [0.2, 0.25) is 0 Å². The molecule has 2 heterocycles. The van der Waals surface area contributed by atoms with Crippen LogP contribution in [-0.2, 0) is 5.41 Å². The molecule has 112 valence electrons. The molecule has 0 spiro atoms. The Bertz CT molecular complexity index is 642. The lowest BCUT2D eigenvalue weighted by atomic mass is 9.85. The molecule has 1 unspecified atom stereocenters. The first-order chi connectivity index (χ1) is 10.0. The standard InChI is InChI=1S/C18H23NO2/c1-5-19-17(14-8-12(2)20-10-14)13-6-7-16-15(9-13)18(3,4)11-21-16/h6-10,17,19H,5,11H2,1-4H3. The molecule has 1 aromatic heterocycles. The third-order valence-corrected chi connectivity index (χ3v) is 4.15. The SMILES string of the molecule is CCNC(c1coc(C)c1)c1ccc2c(c1)C(C)(C)CO2. The monoisotopic (exact) mass is 285 g/mol. The summed E-state index contributed by atoms with van der Waals surface area (Å²) >= 11 is 0. The quantitative estimate of drug-likeness (QED) is 0.923. The van der Waals surface area contributed by atoms with E-state index >= 15 is 0 Å². The van der Waals surface area contributed by atoms with Crippen molar-refractivity contribution in [2.75, 3.05) is 13.2 Å². The van der Waals surface area contributed by atoms with Crippen LogP contribution in [0.2, 0.25) is 0 Å². The van der Waals surface area contributed by atoms with Crippen molar-refractivity contribution in [1.82, 2.24) is 5.32 Å². The average Bonchev–Trinajstić information content (AvgIpc) is 3.00. The Kier molecular flexibility index (Phi) is 3.54. The van der Waals surface area contributed by atoms with Crippen molar-refractivity contribution >= 4 is 0 Å². The average molecular weight is 285 g/mol. The number of ether oxygens (including phenoxy) is 1. The zero-order chi connectivity index (χ0) is 15.0. The van der Waals surface area contributed by atoms with Crippen molar-refractivity contribution in [3.05, 3.63) is 53.0 Å². The molecular weight excluding hydrogens is 262 g/mol.